The van der Waals surface area contributed by atoms with Crippen LogP contribution in [0.15, 0.2) is 297 Å². The molecule has 0 radical (unpaired) electrons. The van der Waals surface area contributed by atoms with E-state index in [2.05, 4.69) is 165 Å². The molecule has 1 aliphatic carbocycles. The molecule has 0 amide bonds. The number of hydrogen-bond donors (Lipinski definition) is 0. The third-order valence-corrected chi connectivity index (χ3v) is 16.7. The van der Waals surface area contributed by atoms with Crippen molar-refractivity contribution in [2.45, 2.75) is 26.2 Å². The number of imidazole rings is 1. The molecule has 16 rings (SSSR count). The van der Waals surface area contributed by atoms with E-state index in [-0.39, 0.29) is 33.4 Å². The van der Waals surface area contributed by atoms with Crippen LogP contribution in [0.2, 0.25) is 0 Å². The third kappa shape index (κ3) is 8.94. The number of aromatic nitrogens is 4. The van der Waals surface area contributed by atoms with Gasteiger partial charge in [0.05, 0.1) is 47.1 Å². The second-order valence-electron chi connectivity index (χ2n) is 22.9. The Morgan fingerprint density at radius 2 is 0.977 bits per heavy atom. The largest absolute Gasteiger partial charge is 0.457 e. The van der Waals surface area contributed by atoms with Gasteiger partial charge in [-0.3, -0.25) is 13.7 Å². The van der Waals surface area contributed by atoms with Crippen LogP contribution >= 0.6 is 0 Å². The fraction of sp³-hybridized carbons (Fsp3) is 0.0488. The maximum absolute atomic E-state index is 9.43. The normalized spacial score (nSPS) is 13.5. The maximum atomic E-state index is 9.43. The first-order valence-corrected chi connectivity index (χ1v) is 29.0. The highest BCUT2D eigenvalue weighted by molar-refractivity contribution is 6.11. The lowest BCUT2D eigenvalue weighted by Crippen LogP contribution is -2.31. The molecule has 87 heavy (non-hydrogen) atoms. The summed E-state index contributed by atoms with van der Waals surface area (Å²) in [6, 6.07) is 72.1. The van der Waals surface area contributed by atoms with Crippen molar-refractivity contribution in [3.05, 3.63) is 309 Å². The average Bonchev–Trinajstić information content (AvgIpc) is 1.72. The Labute approximate surface area is 520 Å². The van der Waals surface area contributed by atoms with Gasteiger partial charge in [0, 0.05) is 28.6 Å². The molecule has 15 aromatic rings. The number of benzene rings is 12. The molecule has 0 spiro atoms. The van der Waals surface area contributed by atoms with E-state index in [1.54, 1.807) is 22.8 Å². The summed E-state index contributed by atoms with van der Waals surface area (Å²) < 4.78 is 104. The highest BCUT2D eigenvalue weighted by Crippen LogP contribution is 2.53. The van der Waals surface area contributed by atoms with Crippen molar-refractivity contribution in [2.75, 3.05) is 0 Å². The molecule has 5 nitrogen and oxygen atoms in total. The number of pyridine rings is 1. The van der Waals surface area contributed by atoms with Gasteiger partial charge in [-0.15, -0.1) is 0 Å². The maximum Gasteiger partial charge on any atom is 0.269 e. The van der Waals surface area contributed by atoms with E-state index in [0.717, 1.165) is 99.9 Å². The van der Waals surface area contributed by atoms with Gasteiger partial charge < -0.3 is 4.74 Å². The predicted octanol–water partition coefficient (Wildman–Crippen LogP) is 20.9. The summed E-state index contributed by atoms with van der Waals surface area (Å²) >= 11 is 0. The standard InChI is InChI=1S/C82H58N4O/c1-82(2,3)60-45-46-83-79(49-60)86-74-43-39-58(54-23-8-4-9-24-54)47-72(74)70-42-41-62(52-76(70)86)87-78-51-61(50-73-69-35-19-18-33-67(69)65-31-16-17-32-66(65)68-34-20-21-36-71(68)80(73)78)84-53-85(75-44-40-59(48-77(75)84)55-25-10-5-11-26-55)81-63(56-27-12-6-13-28-56)37-22-38-64(81)57-29-14-7-15-30-57/h4-52H,1-3H3/i6D,7D,12D,13D,14D,15D,27D,28D,29D,30D. The van der Waals surface area contributed by atoms with Gasteiger partial charge in [0.15, 0.2) is 0 Å². The van der Waals surface area contributed by atoms with E-state index in [0.29, 0.717) is 28.2 Å². The Morgan fingerprint density at radius 1 is 0.425 bits per heavy atom. The molecular formula is C82H58N4O. The molecule has 412 valence electrons. The van der Waals surface area contributed by atoms with Gasteiger partial charge in [0.2, 0.25) is 0 Å². The second kappa shape index (κ2) is 20.9. The predicted molar refractivity (Wildman–Crippen MR) is 358 cm³/mol. The lowest BCUT2D eigenvalue weighted by atomic mass is 9.80. The third-order valence-electron chi connectivity index (χ3n) is 16.7. The molecule has 0 saturated heterocycles. The van der Waals surface area contributed by atoms with Crippen molar-refractivity contribution in [1.82, 2.24) is 14.1 Å². The van der Waals surface area contributed by atoms with Gasteiger partial charge >= 0.3 is 0 Å². The summed E-state index contributed by atoms with van der Waals surface area (Å²) in [7, 11) is 0. The van der Waals surface area contributed by atoms with Gasteiger partial charge in [-0.2, -0.15) is 0 Å². The SMILES string of the molecule is [2H]c1c([2H])c([2H])c(-c2cccc(-c3c([2H])c([2H])c([2H])c([2H])c3[2H])c2-[n+]2[c-]n(-c3cc(Oc4ccc5c6cc(-c7ccccc7)ccc6n(-c6cc(C(C)(C)C)ccn6)c5c4)c4c(c3)-c3ccccc3-c3ccccc3-c3ccccc3-4)c3cc(-c4ccccc4)ccc32)c([2H])c1[2H]. The van der Waals surface area contributed by atoms with Crippen LogP contribution in [0, 0.1) is 6.33 Å². The molecule has 12 aromatic carbocycles. The molecule has 0 fully saturated rings. The fourth-order valence-electron chi connectivity index (χ4n) is 12.6. The number of nitrogens with zero attached hydrogens (tertiary/aromatic N) is 4. The first-order chi connectivity index (χ1) is 46.9. The van der Waals surface area contributed by atoms with E-state index in [1.165, 1.54) is 0 Å². The zero-order valence-corrected chi connectivity index (χ0v) is 47.7. The number of fused-ring (bicyclic) bond motifs is 12. The highest BCUT2D eigenvalue weighted by atomic mass is 16.5. The summed E-state index contributed by atoms with van der Waals surface area (Å²) in [6.07, 6.45) is 5.60. The number of para-hydroxylation sites is 1. The minimum atomic E-state index is -0.585. The van der Waals surface area contributed by atoms with E-state index < -0.39 is 60.4 Å². The molecule has 0 aliphatic heterocycles. The molecule has 0 atom stereocenters. The van der Waals surface area contributed by atoms with Gasteiger partial charge in [-0.25, -0.2) is 4.98 Å². The van der Waals surface area contributed by atoms with Crippen LogP contribution in [0.3, 0.4) is 0 Å². The molecule has 1 aliphatic rings. The first-order valence-electron chi connectivity index (χ1n) is 34.0. The van der Waals surface area contributed by atoms with Crippen LogP contribution < -0.4 is 9.30 Å². The Hall–Kier alpha value is -11.1. The molecule has 3 heterocycles. The number of hydrogen-bond acceptors (Lipinski definition) is 2. The van der Waals surface area contributed by atoms with Crippen LogP contribution in [0.5, 0.6) is 11.5 Å². The van der Waals surface area contributed by atoms with Gasteiger partial charge in [0.25, 0.3) is 6.33 Å². The van der Waals surface area contributed by atoms with Crippen molar-refractivity contribution >= 4 is 32.8 Å². The minimum Gasteiger partial charge on any atom is -0.457 e. The van der Waals surface area contributed by atoms with Crippen molar-refractivity contribution in [3.8, 4) is 118 Å². The van der Waals surface area contributed by atoms with Gasteiger partial charge in [-0.1, -0.05) is 251 Å². The summed E-state index contributed by atoms with van der Waals surface area (Å²) in [5.74, 6) is 1.79. The smallest absolute Gasteiger partial charge is 0.269 e. The monoisotopic (exact) mass is 1120 g/mol. The Bertz CT molecular complexity index is 5650. The number of ether oxygens (including phenoxy) is 1. The van der Waals surface area contributed by atoms with Crippen molar-refractivity contribution in [2.24, 2.45) is 0 Å². The Kier molecular flexibility index (Phi) is 10.0. The molecule has 0 unspecified atom stereocenters. The first kappa shape index (κ1) is 41.8. The van der Waals surface area contributed by atoms with E-state index in [1.807, 2.05) is 89.6 Å². The minimum absolute atomic E-state index is 0.129. The van der Waals surface area contributed by atoms with Gasteiger partial charge in [-0.05, 0) is 149 Å². The van der Waals surface area contributed by atoms with Crippen LogP contribution in [0.4, 0.5) is 0 Å². The lowest BCUT2D eigenvalue weighted by molar-refractivity contribution is -0.571. The summed E-state index contributed by atoms with van der Waals surface area (Å²) in [5.41, 5.74) is 16.1. The molecule has 5 heteroatoms. The molecule has 0 N–H and O–H groups in total. The van der Waals surface area contributed by atoms with Crippen molar-refractivity contribution in [3.63, 3.8) is 0 Å². The zero-order valence-electron chi connectivity index (χ0n) is 57.7. The van der Waals surface area contributed by atoms with Crippen LogP contribution in [0.25, 0.3) is 139 Å². The number of rotatable bonds is 9. The summed E-state index contributed by atoms with van der Waals surface area (Å²) in [4.78, 5) is 5.06. The van der Waals surface area contributed by atoms with E-state index in [9.17, 15) is 5.48 Å². The molecule has 0 bridgehead atoms. The zero-order chi connectivity index (χ0) is 66.9. The second-order valence-corrected chi connectivity index (χ2v) is 22.9. The van der Waals surface area contributed by atoms with Crippen molar-refractivity contribution in [1.29, 1.82) is 0 Å². The molecule has 3 aromatic heterocycles. The molecular weight excluding hydrogens is 1060 g/mol. The Morgan fingerprint density at radius 3 is 1.60 bits per heavy atom. The summed E-state index contributed by atoms with van der Waals surface area (Å²) in [6.45, 7) is 6.60. The average molecular weight is 1130 g/mol. The lowest BCUT2D eigenvalue weighted by Gasteiger charge is -2.26. The van der Waals surface area contributed by atoms with E-state index in [4.69, 9.17) is 17.9 Å². The quantitative estimate of drug-likeness (QED) is 0.107. The van der Waals surface area contributed by atoms with Crippen molar-refractivity contribution < 1.29 is 23.0 Å². The molecule has 0 saturated carbocycles. The van der Waals surface area contributed by atoms with Crippen LogP contribution in [-0.2, 0) is 5.41 Å². The topological polar surface area (TPSA) is 35.9 Å². The highest BCUT2D eigenvalue weighted by Gasteiger charge is 2.28. The summed E-state index contributed by atoms with van der Waals surface area (Å²) in [5, 5.41) is 2.05. The van der Waals surface area contributed by atoms with Crippen LogP contribution in [0.1, 0.15) is 40.0 Å². The van der Waals surface area contributed by atoms with Crippen LogP contribution in [-0.4, -0.2) is 14.1 Å². The van der Waals surface area contributed by atoms with Gasteiger partial charge in [0.1, 0.15) is 17.3 Å². The Balaban J connectivity index is 1.01. The fourth-order valence-corrected chi connectivity index (χ4v) is 12.6. The van der Waals surface area contributed by atoms with E-state index >= 15 is 0 Å².